The van der Waals surface area contributed by atoms with Crippen LogP contribution < -0.4 is 4.90 Å². The maximum atomic E-state index is 5.42. The molecule has 2 aliphatic heterocycles. The van der Waals surface area contributed by atoms with Crippen molar-refractivity contribution in [3.8, 4) is 0 Å². The average Bonchev–Trinajstić information content (AvgIpc) is 3.06. The first kappa shape index (κ1) is 13.1. The van der Waals surface area contributed by atoms with Gasteiger partial charge in [0.2, 0.25) is 5.95 Å². The van der Waals surface area contributed by atoms with Gasteiger partial charge < -0.3 is 9.64 Å². The van der Waals surface area contributed by atoms with Crippen LogP contribution in [0.5, 0.6) is 0 Å². The van der Waals surface area contributed by atoms with Crippen LogP contribution in [-0.2, 0) is 11.3 Å². The van der Waals surface area contributed by atoms with E-state index in [-0.39, 0.29) is 0 Å². The molecule has 1 unspecified atom stereocenters. The van der Waals surface area contributed by atoms with Gasteiger partial charge in [0.25, 0.3) is 0 Å². The van der Waals surface area contributed by atoms with Crippen molar-refractivity contribution in [1.29, 1.82) is 0 Å². The molecule has 0 radical (unpaired) electrons. The molecule has 0 aliphatic carbocycles. The molecule has 1 aromatic heterocycles. The predicted octanol–water partition coefficient (Wildman–Crippen LogP) is 0.871. The Bertz CT molecular complexity index is 479. The number of hydrogen-bond donors (Lipinski definition) is 1. The molecule has 0 saturated carbocycles. The van der Waals surface area contributed by atoms with Crippen LogP contribution in [0.4, 0.5) is 5.95 Å². The van der Waals surface area contributed by atoms with Crippen molar-refractivity contribution in [2.45, 2.75) is 25.9 Å². The molecule has 1 aromatic rings. The van der Waals surface area contributed by atoms with Crippen molar-refractivity contribution in [2.75, 3.05) is 44.3 Å². The van der Waals surface area contributed by atoms with Gasteiger partial charge in [-0.25, -0.2) is 5.10 Å². The SMILES string of the molecule is CCn1c(N2CCC(N3CCOCC3)C2)n[nH]c1=S. The minimum Gasteiger partial charge on any atom is -0.379 e. The highest BCUT2D eigenvalue weighted by atomic mass is 32.1. The lowest BCUT2D eigenvalue weighted by molar-refractivity contribution is 0.0209. The molecule has 0 aromatic carbocycles. The van der Waals surface area contributed by atoms with Gasteiger partial charge in [-0.3, -0.25) is 9.47 Å². The molecule has 19 heavy (non-hydrogen) atoms. The highest BCUT2D eigenvalue weighted by Gasteiger charge is 2.30. The summed E-state index contributed by atoms with van der Waals surface area (Å²) < 4.78 is 8.20. The maximum absolute atomic E-state index is 5.42. The van der Waals surface area contributed by atoms with Gasteiger partial charge in [0.05, 0.1) is 13.2 Å². The van der Waals surface area contributed by atoms with Crippen LogP contribution in [0.25, 0.3) is 0 Å². The molecule has 7 heteroatoms. The Hall–Kier alpha value is -0.920. The Balaban J connectivity index is 1.69. The molecule has 0 amide bonds. The van der Waals surface area contributed by atoms with E-state index in [1.807, 2.05) is 0 Å². The van der Waals surface area contributed by atoms with Gasteiger partial charge in [0.15, 0.2) is 4.77 Å². The van der Waals surface area contributed by atoms with Crippen molar-refractivity contribution in [3.05, 3.63) is 4.77 Å². The Kier molecular flexibility index (Phi) is 3.86. The largest absolute Gasteiger partial charge is 0.379 e. The fourth-order valence-electron chi connectivity index (χ4n) is 3.00. The first-order chi connectivity index (χ1) is 9.29. The lowest BCUT2D eigenvalue weighted by Crippen LogP contribution is -2.44. The molecule has 0 spiro atoms. The van der Waals surface area contributed by atoms with E-state index in [2.05, 4.69) is 31.5 Å². The zero-order chi connectivity index (χ0) is 13.2. The van der Waals surface area contributed by atoms with E-state index in [1.165, 1.54) is 6.42 Å². The Morgan fingerprint density at radius 2 is 2.16 bits per heavy atom. The minimum absolute atomic E-state index is 0.625. The third kappa shape index (κ3) is 2.54. The molecule has 106 valence electrons. The third-order valence-corrected chi connectivity index (χ3v) is 4.37. The van der Waals surface area contributed by atoms with Gasteiger partial charge in [0.1, 0.15) is 0 Å². The van der Waals surface area contributed by atoms with Crippen LogP contribution >= 0.6 is 12.2 Å². The number of aromatic nitrogens is 3. The summed E-state index contributed by atoms with van der Waals surface area (Å²) in [4.78, 5) is 4.89. The summed E-state index contributed by atoms with van der Waals surface area (Å²) in [5.41, 5.74) is 0. The Morgan fingerprint density at radius 3 is 2.89 bits per heavy atom. The second-order valence-electron chi connectivity index (χ2n) is 5.11. The lowest BCUT2D eigenvalue weighted by atomic mass is 10.2. The number of rotatable bonds is 3. The minimum atomic E-state index is 0.625. The first-order valence-corrected chi connectivity index (χ1v) is 7.42. The Morgan fingerprint density at radius 1 is 1.37 bits per heavy atom. The average molecular weight is 283 g/mol. The summed E-state index contributed by atoms with van der Waals surface area (Å²) in [7, 11) is 0. The van der Waals surface area contributed by atoms with Crippen LogP contribution in [0.3, 0.4) is 0 Å². The number of aromatic amines is 1. The van der Waals surface area contributed by atoms with E-state index in [4.69, 9.17) is 17.0 Å². The van der Waals surface area contributed by atoms with Crippen molar-refractivity contribution < 1.29 is 4.74 Å². The molecule has 1 atom stereocenters. The van der Waals surface area contributed by atoms with E-state index in [0.29, 0.717) is 10.8 Å². The highest BCUT2D eigenvalue weighted by molar-refractivity contribution is 7.71. The van der Waals surface area contributed by atoms with Crippen molar-refractivity contribution in [2.24, 2.45) is 0 Å². The Labute approximate surface area is 118 Å². The number of hydrogen-bond acceptors (Lipinski definition) is 5. The summed E-state index contributed by atoms with van der Waals surface area (Å²) in [5.74, 6) is 0.989. The van der Waals surface area contributed by atoms with Gasteiger partial charge in [-0.1, -0.05) is 0 Å². The van der Waals surface area contributed by atoms with Crippen LogP contribution in [-0.4, -0.2) is 65.1 Å². The maximum Gasteiger partial charge on any atom is 0.225 e. The summed E-state index contributed by atoms with van der Waals surface area (Å²) >= 11 is 5.25. The summed E-state index contributed by atoms with van der Waals surface area (Å²) in [6.45, 7) is 8.90. The summed E-state index contributed by atoms with van der Waals surface area (Å²) in [6.07, 6.45) is 1.20. The van der Waals surface area contributed by atoms with Crippen molar-refractivity contribution >= 4 is 18.2 Å². The van der Waals surface area contributed by atoms with Crippen molar-refractivity contribution in [3.63, 3.8) is 0 Å². The lowest BCUT2D eigenvalue weighted by Gasteiger charge is -2.32. The van der Waals surface area contributed by atoms with Crippen LogP contribution in [0.2, 0.25) is 0 Å². The number of H-pyrrole nitrogens is 1. The van der Waals surface area contributed by atoms with Gasteiger partial charge in [0, 0.05) is 38.8 Å². The van der Waals surface area contributed by atoms with E-state index in [1.54, 1.807) is 0 Å². The second-order valence-corrected chi connectivity index (χ2v) is 5.50. The fourth-order valence-corrected chi connectivity index (χ4v) is 3.26. The number of morpholine rings is 1. The van der Waals surface area contributed by atoms with E-state index >= 15 is 0 Å². The standard InChI is InChI=1S/C12H21N5OS/c1-2-17-11(13-14-12(17)19)16-4-3-10(9-16)15-5-7-18-8-6-15/h10H,2-9H2,1H3,(H,14,19). The monoisotopic (exact) mass is 283 g/mol. The molecule has 3 heterocycles. The zero-order valence-corrected chi connectivity index (χ0v) is 12.2. The summed E-state index contributed by atoms with van der Waals surface area (Å²) in [6, 6.07) is 0.625. The second kappa shape index (κ2) is 5.60. The molecule has 3 rings (SSSR count). The number of nitrogens with zero attached hydrogens (tertiary/aromatic N) is 4. The number of ether oxygens (including phenoxy) is 1. The smallest absolute Gasteiger partial charge is 0.225 e. The van der Waals surface area contributed by atoms with Gasteiger partial charge >= 0.3 is 0 Å². The van der Waals surface area contributed by atoms with Crippen LogP contribution in [0.1, 0.15) is 13.3 Å². The van der Waals surface area contributed by atoms with Gasteiger partial charge in [-0.15, -0.1) is 5.10 Å². The molecular formula is C12H21N5OS. The highest BCUT2D eigenvalue weighted by Crippen LogP contribution is 2.22. The van der Waals surface area contributed by atoms with E-state index < -0.39 is 0 Å². The summed E-state index contributed by atoms with van der Waals surface area (Å²) in [5, 5.41) is 7.28. The molecule has 1 N–H and O–H groups in total. The number of nitrogens with one attached hydrogen (secondary N) is 1. The van der Waals surface area contributed by atoms with E-state index in [9.17, 15) is 0 Å². The quantitative estimate of drug-likeness (QED) is 0.834. The first-order valence-electron chi connectivity index (χ1n) is 7.01. The number of anilines is 1. The zero-order valence-electron chi connectivity index (χ0n) is 11.3. The fraction of sp³-hybridized carbons (Fsp3) is 0.833. The van der Waals surface area contributed by atoms with Crippen LogP contribution in [0, 0.1) is 4.77 Å². The normalized spacial score (nSPS) is 25.1. The molecule has 2 aliphatic rings. The van der Waals surface area contributed by atoms with Crippen molar-refractivity contribution in [1.82, 2.24) is 19.7 Å². The van der Waals surface area contributed by atoms with Crippen LogP contribution in [0.15, 0.2) is 0 Å². The third-order valence-electron chi connectivity index (χ3n) is 4.06. The molecule has 0 bridgehead atoms. The predicted molar refractivity (Wildman–Crippen MR) is 76.1 cm³/mol. The topological polar surface area (TPSA) is 49.3 Å². The molecule has 2 fully saturated rings. The molecule has 2 saturated heterocycles. The molecule has 6 nitrogen and oxygen atoms in total. The van der Waals surface area contributed by atoms with Gasteiger partial charge in [-0.2, -0.15) is 0 Å². The van der Waals surface area contributed by atoms with E-state index in [0.717, 1.165) is 51.9 Å². The van der Waals surface area contributed by atoms with Gasteiger partial charge in [-0.05, 0) is 25.6 Å². The molecular weight excluding hydrogens is 262 g/mol.